The lowest BCUT2D eigenvalue weighted by Gasteiger charge is -2.24. The topological polar surface area (TPSA) is 62.4 Å². The number of benzene rings is 1. The van der Waals surface area contributed by atoms with Crippen molar-refractivity contribution in [2.24, 2.45) is 5.92 Å². The van der Waals surface area contributed by atoms with Gasteiger partial charge in [-0.1, -0.05) is 33.1 Å². The van der Waals surface area contributed by atoms with E-state index < -0.39 is 6.10 Å². The fraction of sp³-hybridized carbons (Fsp3) is 0.556. The molecule has 0 aliphatic carbocycles. The Balaban J connectivity index is 1.88. The highest BCUT2D eigenvalue weighted by Gasteiger charge is 2.23. The third-order valence-electron chi connectivity index (χ3n) is 4.26. The number of nitrogens with one attached hydrogen (secondary N) is 3. The summed E-state index contributed by atoms with van der Waals surface area (Å²) in [7, 11) is 0. The summed E-state index contributed by atoms with van der Waals surface area (Å²) < 4.78 is 5.55. The van der Waals surface area contributed by atoms with Crippen LogP contribution in [0.2, 0.25) is 0 Å². The highest BCUT2D eigenvalue weighted by Crippen LogP contribution is 2.32. The SMILES string of the molecule is CCCC[C@@H](CC)CNC(=S)Nc1ccc2c(c1)NC(=O)[C@@H](C)O2. The summed E-state index contributed by atoms with van der Waals surface area (Å²) in [6, 6.07) is 5.57. The number of fused-ring (bicyclic) bond motifs is 1. The molecule has 0 saturated heterocycles. The molecular weight excluding hydrogens is 322 g/mol. The molecule has 0 aromatic heterocycles. The van der Waals surface area contributed by atoms with Crippen LogP contribution in [0.15, 0.2) is 18.2 Å². The molecule has 2 atom stereocenters. The predicted molar refractivity (Wildman–Crippen MR) is 103 cm³/mol. The summed E-state index contributed by atoms with van der Waals surface area (Å²) >= 11 is 5.37. The number of amides is 1. The van der Waals surface area contributed by atoms with Crippen LogP contribution in [-0.2, 0) is 4.79 Å². The summed E-state index contributed by atoms with van der Waals surface area (Å²) in [6.45, 7) is 7.04. The first-order chi connectivity index (χ1) is 11.5. The molecule has 0 spiro atoms. The molecule has 0 radical (unpaired) electrons. The number of anilines is 2. The molecule has 24 heavy (non-hydrogen) atoms. The van der Waals surface area contributed by atoms with Crippen LogP contribution in [0.25, 0.3) is 0 Å². The maximum atomic E-state index is 11.7. The van der Waals surface area contributed by atoms with Crippen LogP contribution in [0.3, 0.4) is 0 Å². The van der Waals surface area contributed by atoms with Crippen molar-refractivity contribution in [3.05, 3.63) is 18.2 Å². The zero-order valence-corrected chi connectivity index (χ0v) is 15.5. The van der Waals surface area contributed by atoms with Crippen molar-refractivity contribution in [2.45, 2.75) is 52.6 Å². The third-order valence-corrected chi connectivity index (χ3v) is 4.51. The second-order valence-electron chi connectivity index (χ2n) is 6.21. The molecule has 0 bridgehead atoms. The predicted octanol–water partition coefficient (Wildman–Crippen LogP) is 3.91. The van der Waals surface area contributed by atoms with Gasteiger partial charge in [-0.3, -0.25) is 4.79 Å². The first kappa shape index (κ1) is 18.5. The smallest absolute Gasteiger partial charge is 0.265 e. The molecule has 1 aromatic carbocycles. The molecule has 1 aliphatic heterocycles. The van der Waals surface area contributed by atoms with Crippen molar-refractivity contribution in [1.29, 1.82) is 0 Å². The second-order valence-corrected chi connectivity index (χ2v) is 6.62. The molecule has 1 aromatic rings. The third kappa shape index (κ3) is 5.09. The van der Waals surface area contributed by atoms with E-state index in [1.165, 1.54) is 19.3 Å². The van der Waals surface area contributed by atoms with Crippen LogP contribution in [-0.4, -0.2) is 23.7 Å². The van der Waals surface area contributed by atoms with Gasteiger partial charge in [0.25, 0.3) is 5.91 Å². The van der Waals surface area contributed by atoms with E-state index >= 15 is 0 Å². The van der Waals surface area contributed by atoms with Crippen molar-refractivity contribution in [3.8, 4) is 5.75 Å². The summed E-state index contributed by atoms with van der Waals surface area (Å²) in [6.07, 6.45) is 4.39. The molecule has 0 fully saturated rings. The average Bonchev–Trinajstić information content (AvgIpc) is 2.56. The lowest BCUT2D eigenvalue weighted by Crippen LogP contribution is -2.35. The molecule has 3 N–H and O–H groups in total. The van der Waals surface area contributed by atoms with E-state index in [9.17, 15) is 4.79 Å². The van der Waals surface area contributed by atoms with Crippen LogP contribution in [0.5, 0.6) is 5.75 Å². The van der Waals surface area contributed by atoms with Gasteiger partial charge in [-0.2, -0.15) is 0 Å². The lowest BCUT2D eigenvalue weighted by molar-refractivity contribution is -0.122. The van der Waals surface area contributed by atoms with E-state index in [0.29, 0.717) is 22.5 Å². The zero-order valence-electron chi connectivity index (χ0n) is 14.6. The van der Waals surface area contributed by atoms with Gasteiger partial charge in [-0.25, -0.2) is 0 Å². The minimum absolute atomic E-state index is 0.137. The molecule has 1 aliphatic rings. The number of hydrogen-bond donors (Lipinski definition) is 3. The Kier molecular flexibility index (Phi) is 6.85. The fourth-order valence-corrected chi connectivity index (χ4v) is 2.84. The summed E-state index contributed by atoms with van der Waals surface area (Å²) in [5, 5.41) is 9.89. The molecule has 132 valence electrons. The largest absolute Gasteiger partial charge is 0.479 e. The Labute approximate surface area is 149 Å². The van der Waals surface area contributed by atoms with E-state index in [0.717, 1.165) is 18.7 Å². The first-order valence-corrected chi connectivity index (χ1v) is 9.10. The molecule has 0 unspecified atom stereocenters. The van der Waals surface area contributed by atoms with Gasteiger partial charge < -0.3 is 20.7 Å². The standard InChI is InChI=1S/C18H27N3O2S/c1-4-6-7-13(5-2)11-19-18(24)20-14-8-9-16-15(10-14)21-17(22)12(3)23-16/h8-10,12-13H,4-7,11H2,1-3H3,(H,21,22)(H2,19,20,24)/t12-,13-/m1/s1. The van der Waals surface area contributed by atoms with Crippen LogP contribution in [0.1, 0.15) is 46.5 Å². The Morgan fingerprint density at radius 2 is 2.21 bits per heavy atom. The molecule has 5 nitrogen and oxygen atoms in total. The molecule has 0 saturated carbocycles. The van der Waals surface area contributed by atoms with Gasteiger partial charge in [0.15, 0.2) is 11.2 Å². The minimum atomic E-state index is -0.465. The van der Waals surface area contributed by atoms with E-state index in [2.05, 4.69) is 29.8 Å². The normalized spacial score (nSPS) is 17.3. The van der Waals surface area contributed by atoms with E-state index in [1.54, 1.807) is 6.92 Å². The van der Waals surface area contributed by atoms with Gasteiger partial charge in [-0.05, 0) is 49.7 Å². The maximum absolute atomic E-state index is 11.7. The van der Waals surface area contributed by atoms with Gasteiger partial charge >= 0.3 is 0 Å². The number of rotatable bonds is 7. The summed E-state index contributed by atoms with van der Waals surface area (Å²) in [5.41, 5.74) is 1.49. The highest BCUT2D eigenvalue weighted by atomic mass is 32.1. The molecule has 6 heteroatoms. The highest BCUT2D eigenvalue weighted by molar-refractivity contribution is 7.80. The van der Waals surface area contributed by atoms with Gasteiger partial charge in [0.1, 0.15) is 5.75 Å². The van der Waals surface area contributed by atoms with Gasteiger partial charge in [-0.15, -0.1) is 0 Å². The molecule has 1 amide bonds. The number of carbonyl (C=O) groups is 1. The van der Waals surface area contributed by atoms with Crippen molar-refractivity contribution in [2.75, 3.05) is 17.2 Å². The first-order valence-electron chi connectivity index (χ1n) is 8.69. The van der Waals surface area contributed by atoms with E-state index in [-0.39, 0.29) is 5.91 Å². The number of unbranched alkanes of at least 4 members (excludes halogenated alkanes) is 1. The van der Waals surface area contributed by atoms with Crippen LogP contribution < -0.4 is 20.7 Å². The summed E-state index contributed by atoms with van der Waals surface area (Å²) in [5.74, 6) is 1.18. The monoisotopic (exact) mass is 349 g/mol. The maximum Gasteiger partial charge on any atom is 0.265 e. The number of hydrogen-bond acceptors (Lipinski definition) is 3. The van der Waals surface area contributed by atoms with Crippen LogP contribution in [0.4, 0.5) is 11.4 Å². The summed E-state index contributed by atoms with van der Waals surface area (Å²) in [4.78, 5) is 11.7. The quantitative estimate of drug-likeness (QED) is 0.652. The Morgan fingerprint density at radius 1 is 1.42 bits per heavy atom. The van der Waals surface area contributed by atoms with Crippen LogP contribution >= 0.6 is 12.2 Å². The van der Waals surface area contributed by atoms with E-state index in [1.807, 2.05) is 18.2 Å². The average molecular weight is 350 g/mol. The van der Waals surface area contributed by atoms with Gasteiger partial charge in [0.2, 0.25) is 0 Å². The van der Waals surface area contributed by atoms with E-state index in [4.69, 9.17) is 17.0 Å². The number of ether oxygens (including phenoxy) is 1. The number of carbonyl (C=O) groups excluding carboxylic acids is 1. The molecule has 2 rings (SSSR count). The Bertz CT molecular complexity index is 592. The van der Waals surface area contributed by atoms with Crippen LogP contribution in [0, 0.1) is 5.92 Å². The van der Waals surface area contributed by atoms with Crippen molar-refractivity contribution >= 4 is 34.6 Å². The minimum Gasteiger partial charge on any atom is -0.479 e. The number of thiocarbonyl (C=S) groups is 1. The zero-order chi connectivity index (χ0) is 17.5. The second kappa shape index (κ2) is 8.87. The van der Waals surface area contributed by atoms with Crippen molar-refractivity contribution in [1.82, 2.24) is 5.32 Å². The molecular formula is C18H27N3O2S. The van der Waals surface area contributed by atoms with Crippen molar-refractivity contribution < 1.29 is 9.53 Å². The molecule has 1 heterocycles. The van der Waals surface area contributed by atoms with Gasteiger partial charge in [0, 0.05) is 12.2 Å². The lowest BCUT2D eigenvalue weighted by atomic mass is 9.99. The Hall–Kier alpha value is -1.82. The Morgan fingerprint density at radius 3 is 2.92 bits per heavy atom. The van der Waals surface area contributed by atoms with Gasteiger partial charge in [0.05, 0.1) is 5.69 Å². The fourth-order valence-electron chi connectivity index (χ4n) is 2.64. The van der Waals surface area contributed by atoms with Crippen molar-refractivity contribution in [3.63, 3.8) is 0 Å².